The molecule has 2 aromatic carbocycles. The molecule has 25 heavy (non-hydrogen) atoms. The van der Waals surface area contributed by atoms with Crippen LogP contribution in [0, 0.1) is 0 Å². The first-order valence-corrected chi connectivity index (χ1v) is 7.23. The highest BCUT2D eigenvalue weighted by molar-refractivity contribution is 5.30. The largest absolute Gasteiger partial charge is 0.573 e. The molecule has 0 amide bonds. The number of hydrogen-bond acceptors (Lipinski definition) is 2. The molecule has 0 saturated carbocycles. The maximum absolute atomic E-state index is 13.0. The smallest absolute Gasteiger partial charge is 0.406 e. The lowest BCUT2D eigenvalue weighted by Gasteiger charge is -2.20. The summed E-state index contributed by atoms with van der Waals surface area (Å²) >= 11 is 0. The van der Waals surface area contributed by atoms with Gasteiger partial charge in [0.15, 0.2) is 0 Å². The summed E-state index contributed by atoms with van der Waals surface area (Å²) in [6.07, 6.45) is -9.20. The second-order valence-corrected chi connectivity index (χ2v) is 5.52. The summed E-state index contributed by atoms with van der Waals surface area (Å²) in [6.45, 7) is 0.328. The fourth-order valence-electron chi connectivity index (χ4n) is 2.39. The fourth-order valence-corrected chi connectivity index (χ4v) is 2.39. The minimum absolute atomic E-state index is 0.0521. The van der Waals surface area contributed by atoms with Gasteiger partial charge in [-0.05, 0) is 36.4 Å². The number of halogens is 6. The van der Waals surface area contributed by atoms with Gasteiger partial charge >= 0.3 is 12.5 Å². The van der Waals surface area contributed by atoms with Crippen LogP contribution in [0.3, 0.4) is 0 Å². The molecular weight excluding hydrogens is 348 g/mol. The molecule has 2 nitrogen and oxygen atoms in total. The van der Waals surface area contributed by atoms with Crippen LogP contribution in [-0.2, 0) is 19.3 Å². The van der Waals surface area contributed by atoms with Crippen LogP contribution in [0.5, 0.6) is 5.75 Å². The lowest BCUT2D eigenvalue weighted by Crippen LogP contribution is -2.20. The summed E-state index contributed by atoms with van der Waals surface area (Å²) in [5, 5.41) is 0. The second-order valence-electron chi connectivity index (χ2n) is 5.52. The van der Waals surface area contributed by atoms with E-state index >= 15 is 0 Å². The molecule has 0 saturated heterocycles. The molecule has 0 unspecified atom stereocenters. The third kappa shape index (κ3) is 5.97. The Morgan fingerprint density at radius 3 is 2.00 bits per heavy atom. The number of ether oxygens (including phenoxy) is 1. The highest BCUT2D eigenvalue weighted by Gasteiger charge is 2.33. The summed E-state index contributed by atoms with van der Waals surface area (Å²) in [5.41, 5.74) is 0.0896. The Morgan fingerprint density at radius 1 is 0.840 bits per heavy atom. The SMILES string of the molecule is CN(Cc1ccc(OC(F)(F)F)cc1)Cc1ccccc1C(F)(F)F. The molecule has 0 atom stereocenters. The van der Waals surface area contributed by atoms with Gasteiger partial charge in [0, 0.05) is 13.1 Å². The van der Waals surface area contributed by atoms with Crippen molar-refractivity contribution in [2.75, 3.05) is 7.05 Å². The molecule has 0 aliphatic heterocycles. The van der Waals surface area contributed by atoms with Crippen LogP contribution in [0.1, 0.15) is 16.7 Å². The van der Waals surface area contributed by atoms with E-state index in [0.717, 1.165) is 6.07 Å². The molecule has 2 aromatic rings. The summed E-state index contributed by atoms with van der Waals surface area (Å²) in [7, 11) is 1.63. The van der Waals surface area contributed by atoms with Crippen LogP contribution in [0.2, 0.25) is 0 Å². The van der Waals surface area contributed by atoms with Crippen molar-refractivity contribution in [2.24, 2.45) is 0 Å². The third-order valence-corrected chi connectivity index (χ3v) is 3.37. The zero-order valence-corrected chi connectivity index (χ0v) is 13.2. The van der Waals surface area contributed by atoms with Gasteiger partial charge in [-0.15, -0.1) is 13.2 Å². The van der Waals surface area contributed by atoms with Crippen molar-refractivity contribution < 1.29 is 31.1 Å². The lowest BCUT2D eigenvalue weighted by atomic mass is 10.1. The first-order valence-electron chi connectivity index (χ1n) is 7.23. The normalized spacial score (nSPS) is 12.5. The van der Waals surface area contributed by atoms with E-state index in [9.17, 15) is 26.3 Å². The molecule has 0 spiro atoms. The van der Waals surface area contributed by atoms with Crippen LogP contribution < -0.4 is 4.74 Å². The van der Waals surface area contributed by atoms with Gasteiger partial charge in [-0.1, -0.05) is 30.3 Å². The molecule has 8 heteroatoms. The average molecular weight is 363 g/mol. The fraction of sp³-hybridized carbons (Fsp3) is 0.294. The highest BCUT2D eigenvalue weighted by Crippen LogP contribution is 2.32. The molecule has 0 radical (unpaired) electrons. The van der Waals surface area contributed by atoms with Crippen molar-refractivity contribution >= 4 is 0 Å². The Bertz CT molecular complexity index is 694. The number of benzene rings is 2. The molecule has 0 heterocycles. The number of alkyl halides is 6. The molecule has 0 bridgehead atoms. The maximum atomic E-state index is 13.0. The number of rotatable bonds is 5. The van der Waals surface area contributed by atoms with Crippen molar-refractivity contribution in [2.45, 2.75) is 25.6 Å². The third-order valence-electron chi connectivity index (χ3n) is 3.37. The Kier molecular flexibility index (Phi) is 5.62. The lowest BCUT2D eigenvalue weighted by molar-refractivity contribution is -0.274. The predicted molar refractivity (Wildman–Crippen MR) is 79.7 cm³/mol. The molecular formula is C17H15F6NO. The van der Waals surface area contributed by atoms with Gasteiger partial charge in [-0.3, -0.25) is 4.90 Å². The van der Waals surface area contributed by atoms with Gasteiger partial charge in [-0.25, -0.2) is 0 Å². The van der Waals surface area contributed by atoms with Gasteiger partial charge in [0.05, 0.1) is 5.56 Å². The van der Waals surface area contributed by atoms with E-state index in [0.29, 0.717) is 5.56 Å². The van der Waals surface area contributed by atoms with Gasteiger partial charge in [-0.2, -0.15) is 13.2 Å². The van der Waals surface area contributed by atoms with Crippen molar-refractivity contribution in [1.82, 2.24) is 4.90 Å². The van der Waals surface area contributed by atoms with E-state index in [1.54, 1.807) is 11.9 Å². The Balaban J connectivity index is 2.03. The van der Waals surface area contributed by atoms with E-state index in [2.05, 4.69) is 4.74 Å². The van der Waals surface area contributed by atoms with Gasteiger partial charge in [0.2, 0.25) is 0 Å². The van der Waals surface area contributed by atoms with Crippen LogP contribution in [-0.4, -0.2) is 18.3 Å². The van der Waals surface area contributed by atoms with Gasteiger partial charge < -0.3 is 4.74 Å². The minimum atomic E-state index is -4.76. The summed E-state index contributed by atoms with van der Waals surface area (Å²) in [5.74, 6) is -0.346. The highest BCUT2D eigenvalue weighted by atomic mass is 19.4. The van der Waals surface area contributed by atoms with Crippen LogP contribution in [0.25, 0.3) is 0 Å². The molecule has 0 fully saturated rings. The Labute approximate surface area is 140 Å². The summed E-state index contributed by atoms with van der Waals surface area (Å²) in [6, 6.07) is 10.5. The molecule has 2 rings (SSSR count). The zero-order chi connectivity index (χ0) is 18.7. The van der Waals surface area contributed by atoms with Crippen molar-refractivity contribution in [3.8, 4) is 5.75 Å². The van der Waals surface area contributed by atoms with Crippen LogP contribution in [0.4, 0.5) is 26.3 Å². The summed E-state index contributed by atoms with van der Waals surface area (Å²) < 4.78 is 79.0. The van der Waals surface area contributed by atoms with Gasteiger partial charge in [0.25, 0.3) is 0 Å². The molecule has 0 N–H and O–H groups in total. The van der Waals surface area contributed by atoms with Crippen molar-refractivity contribution in [3.05, 3.63) is 65.2 Å². The van der Waals surface area contributed by atoms with E-state index in [-0.39, 0.29) is 24.4 Å². The zero-order valence-electron chi connectivity index (χ0n) is 13.2. The number of nitrogens with zero attached hydrogens (tertiary/aromatic N) is 1. The van der Waals surface area contributed by atoms with E-state index in [1.165, 1.54) is 42.5 Å². The molecule has 0 aliphatic rings. The Morgan fingerprint density at radius 2 is 1.44 bits per heavy atom. The van der Waals surface area contributed by atoms with Crippen LogP contribution >= 0.6 is 0 Å². The van der Waals surface area contributed by atoms with Crippen molar-refractivity contribution in [3.63, 3.8) is 0 Å². The Hall–Kier alpha value is -2.22. The molecule has 0 aliphatic carbocycles. The first-order chi connectivity index (χ1) is 11.5. The van der Waals surface area contributed by atoms with Crippen molar-refractivity contribution in [1.29, 1.82) is 0 Å². The minimum Gasteiger partial charge on any atom is -0.406 e. The number of hydrogen-bond donors (Lipinski definition) is 0. The van der Waals surface area contributed by atoms with E-state index in [1.807, 2.05) is 0 Å². The maximum Gasteiger partial charge on any atom is 0.573 e. The molecule has 136 valence electrons. The van der Waals surface area contributed by atoms with Crippen LogP contribution in [0.15, 0.2) is 48.5 Å². The summed E-state index contributed by atoms with van der Waals surface area (Å²) in [4.78, 5) is 1.64. The second kappa shape index (κ2) is 7.35. The first kappa shape index (κ1) is 19.1. The quantitative estimate of drug-likeness (QED) is 0.674. The van der Waals surface area contributed by atoms with E-state index < -0.39 is 18.1 Å². The van der Waals surface area contributed by atoms with Gasteiger partial charge in [0.1, 0.15) is 5.75 Å². The topological polar surface area (TPSA) is 12.5 Å². The van der Waals surface area contributed by atoms with E-state index in [4.69, 9.17) is 0 Å². The predicted octanol–water partition coefficient (Wildman–Crippen LogP) is 5.24. The monoisotopic (exact) mass is 363 g/mol. The molecule has 0 aromatic heterocycles. The standard InChI is InChI=1S/C17H15F6NO/c1-24(11-13-4-2-3-5-15(13)16(18,19)20)10-12-6-8-14(9-7-12)25-17(21,22)23/h2-9H,10-11H2,1H3. The average Bonchev–Trinajstić information content (AvgIpc) is 2.47.